The number of ketones is 1. The largest absolute Gasteiger partial charge is 0.318 e. The molecule has 0 unspecified atom stereocenters. The highest BCUT2D eigenvalue weighted by atomic mass is 16.2. The lowest BCUT2D eigenvalue weighted by atomic mass is 10.1. The minimum atomic E-state index is -0.828. The summed E-state index contributed by atoms with van der Waals surface area (Å²) in [6.07, 6.45) is 1.52. The van der Waals surface area contributed by atoms with E-state index in [0.717, 1.165) is 5.56 Å². The summed E-state index contributed by atoms with van der Waals surface area (Å²) >= 11 is 0. The predicted molar refractivity (Wildman–Crippen MR) is 82.7 cm³/mol. The number of carbonyl (C=O) groups excluding carboxylic acids is 3. The SMILES string of the molecule is CC(=O)c1cccc(NC(=O)C(=O)Nc2ncccc2C)c1. The number of pyridine rings is 1. The highest BCUT2D eigenvalue weighted by Gasteiger charge is 2.15. The second-order valence-corrected chi connectivity index (χ2v) is 4.71. The van der Waals surface area contributed by atoms with Gasteiger partial charge >= 0.3 is 11.8 Å². The van der Waals surface area contributed by atoms with Crippen molar-refractivity contribution in [3.63, 3.8) is 0 Å². The zero-order chi connectivity index (χ0) is 16.1. The molecule has 0 aliphatic rings. The molecule has 2 N–H and O–H groups in total. The van der Waals surface area contributed by atoms with E-state index in [2.05, 4.69) is 15.6 Å². The molecule has 6 nitrogen and oxygen atoms in total. The smallest absolute Gasteiger partial charge is 0.315 e. The normalized spacial score (nSPS) is 9.91. The van der Waals surface area contributed by atoms with Gasteiger partial charge in [0, 0.05) is 17.4 Å². The monoisotopic (exact) mass is 297 g/mol. The molecule has 1 aromatic carbocycles. The Morgan fingerprint density at radius 2 is 1.73 bits per heavy atom. The molecular formula is C16H15N3O3. The van der Waals surface area contributed by atoms with E-state index in [9.17, 15) is 14.4 Å². The van der Waals surface area contributed by atoms with Gasteiger partial charge in [-0.05, 0) is 37.6 Å². The summed E-state index contributed by atoms with van der Waals surface area (Å²) in [4.78, 5) is 39.0. The zero-order valence-electron chi connectivity index (χ0n) is 12.2. The molecule has 2 aromatic rings. The summed E-state index contributed by atoms with van der Waals surface area (Å²) < 4.78 is 0. The maximum Gasteiger partial charge on any atom is 0.315 e. The summed E-state index contributed by atoms with van der Waals surface area (Å²) in [5.41, 5.74) is 1.59. The van der Waals surface area contributed by atoms with Gasteiger partial charge in [-0.25, -0.2) is 4.98 Å². The van der Waals surface area contributed by atoms with Crippen molar-refractivity contribution in [2.45, 2.75) is 13.8 Å². The van der Waals surface area contributed by atoms with Crippen LogP contribution in [0.5, 0.6) is 0 Å². The van der Waals surface area contributed by atoms with Gasteiger partial charge in [-0.15, -0.1) is 0 Å². The van der Waals surface area contributed by atoms with E-state index in [4.69, 9.17) is 0 Å². The maximum absolute atomic E-state index is 11.9. The lowest BCUT2D eigenvalue weighted by Crippen LogP contribution is -2.29. The van der Waals surface area contributed by atoms with Gasteiger partial charge in [0.2, 0.25) is 0 Å². The molecule has 0 aliphatic heterocycles. The molecule has 2 amide bonds. The van der Waals surface area contributed by atoms with Crippen LogP contribution in [0.15, 0.2) is 42.6 Å². The van der Waals surface area contributed by atoms with E-state index in [1.165, 1.54) is 19.2 Å². The number of benzene rings is 1. The van der Waals surface area contributed by atoms with Crippen molar-refractivity contribution in [1.29, 1.82) is 0 Å². The highest BCUT2D eigenvalue weighted by molar-refractivity contribution is 6.43. The molecule has 1 aromatic heterocycles. The van der Waals surface area contributed by atoms with E-state index in [0.29, 0.717) is 17.1 Å². The number of nitrogens with zero attached hydrogens (tertiary/aromatic N) is 1. The quantitative estimate of drug-likeness (QED) is 0.671. The van der Waals surface area contributed by atoms with Crippen molar-refractivity contribution >= 4 is 29.1 Å². The molecular weight excluding hydrogens is 282 g/mol. The van der Waals surface area contributed by atoms with Crippen molar-refractivity contribution in [3.05, 3.63) is 53.7 Å². The Kier molecular flexibility index (Phi) is 4.63. The van der Waals surface area contributed by atoms with Gasteiger partial charge in [0.15, 0.2) is 5.78 Å². The Morgan fingerprint density at radius 3 is 2.41 bits per heavy atom. The average Bonchev–Trinajstić information content (AvgIpc) is 2.49. The Morgan fingerprint density at radius 1 is 1.00 bits per heavy atom. The second-order valence-electron chi connectivity index (χ2n) is 4.71. The number of aryl methyl sites for hydroxylation is 1. The van der Waals surface area contributed by atoms with Crippen molar-refractivity contribution in [2.75, 3.05) is 10.6 Å². The average molecular weight is 297 g/mol. The van der Waals surface area contributed by atoms with Crippen LogP contribution in [0, 0.1) is 6.92 Å². The second kappa shape index (κ2) is 6.62. The van der Waals surface area contributed by atoms with Gasteiger partial charge in [-0.3, -0.25) is 14.4 Å². The number of carbonyl (C=O) groups is 3. The first kappa shape index (κ1) is 15.4. The van der Waals surface area contributed by atoms with E-state index in [1.807, 2.05) is 0 Å². The minimum absolute atomic E-state index is 0.121. The number of Topliss-reactive ketones (excluding diaryl/α,β-unsaturated/α-hetero) is 1. The first-order chi connectivity index (χ1) is 10.5. The van der Waals surface area contributed by atoms with Crippen molar-refractivity contribution < 1.29 is 14.4 Å². The third-order valence-electron chi connectivity index (χ3n) is 2.97. The van der Waals surface area contributed by atoms with Crippen molar-refractivity contribution in [1.82, 2.24) is 4.98 Å². The summed E-state index contributed by atoms with van der Waals surface area (Å²) in [7, 11) is 0. The van der Waals surface area contributed by atoms with Gasteiger partial charge in [-0.1, -0.05) is 18.2 Å². The summed E-state index contributed by atoms with van der Waals surface area (Å²) in [5.74, 6) is -1.44. The number of hydrogen-bond acceptors (Lipinski definition) is 4. The fourth-order valence-corrected chi connectivity index (χ4v) is 1.78. The molecule has 22 heavy (non-hydrogen) atoms. The van der Waals surface area contributed by atoms with Crippen LogP contribution in [0.25, 0.3) is 0 Å². The van der Waals surface area contributed by atoms with Gasteiger partial charge in [-0.2, -0.15) is 0 Å². The van der Waals surface area contributed by atoms with Crippen LogP contribution in [-0.2, 0) is 9.59 Å². The van der Waals surface area contributed by atoms with E-state index >= 15 is 0 Å². The summed E-state index contributed by atoms with van der Waals surface area (Å²) in [5, 5.41) is 4.88. The molecule has 112 valence electrons. The van der Waals surface area contributed by atoms with E-state index in [1.54, 1.807) is 37.3 Å². The number of amides is 2. The van der Waals surface area contributed by atoms with Crippen LogP contribution in [0.2, 0.25) is 0 Å². The van der Waals surface area contributed by atoms with Gasteiger partial charge in [0.1, 0.15) is 5.82 Å². The molecule has 0 spiro atoms. The van der Waals surface area contributed by atoms with E-state index < -0.39 is 11.8 Å². The van der Waals surface area contributed by atoms with Crippen LogP contribution >= 0.6 is 0 Å². The Labute approximate surface area is 127 Å². The van der Waals surface area contributed by atoms with Crippen LogP contribution in [-0.4, -0.2) is 22.6 Å². The Bertz CT molecular complexity index is 741. The van der Waals surface area contributed by atoms with Gasteiger partial charge in [0.25, 0.3) is 0 Å². The maximum atomic E-state index is 11.9. The zero-order valence-corrected chi connectivity index (χ0v) is 12.2. The molecule has 0 radical (unpaired) electrons. The van der Waals surface area contributed by atoms with Crippen LogP contribution in [0.3, 0.4) is 0 Å². The summed E-state index contributed by atoms with van der Waals surface area (Å²) in [6, 6.07) is 9.89. The number of nitrogens with one attached hydrogen (secondary N) is 2. The Hall–Kier alpha value is -3.02. The standard InChI is InChI=1S/C16H15N3O3/c1-10-5-4-8-17-14(10)19-16(22)15(21)18-13-7-3-6-12(9-13)11(2)20/h3-9H,1-2H3,(H,18,21)(H,17,19,22). The minimum Gasteiger partial charge on any atom is -0.318 e. The first-order valence-corrected chi connectivity index (χ1v) is 6.62. The van der Waals surface area contributed by atoms with Gasteiger partial charge in [0.05, 0.1) is 0 Å². The molecule has 6 heteroatoms. The fourth-order valence-electron chi connectivity index (χ4n) is 1.78. The molecule has 1 heterocycles. The number of rotatable bonds is 3. The molecule has 0 aliphatic carbocycles. The fraction of sp³-hybridized carbons (Fsp3) is 0.125. The number of anilines is 2. The molecule has 0 atom stereocenters. The van der Waals surface area contributed by atoms with Crippen LogP contribution in [0.1, 0.15) is 22.8 Å². The third kappa shape index (κ3) is 3.76. The predicted octanol–water partition coefficient (Wildman–Crippen LogP) is 2.17. The molecule has 0 saturated carbocycles. The van der Waals surface area contributed by atoms with Crippen molar-refractivity contribution in [3.8, 4) is 0 Å². The first-order valence-electron chi connectivity index (χ1n) is 6.62. The lowest BCUT2D eigenvalue weighted by Gasteiger charge is -2.08. The molecule has 2 rings (SSSR count). The number of hydrogen-bond donors (Lipinski definition) is 2. The highest BCUT2D eigenvalue weighted by Crippen LogP contribution is 2.12. The topological polar surface area (TPSA) is 88.2 Å². The van der Waals surface area contributed by atoms with E-state index in [-0.39, 0.29) is 5.78 Å². The van der Waals surface area contributed by atoms with Crippen LogP contribution in [0.4, 0.5) is 11.5 Å². The third-order valence-corrected chi connectivity index (χ3v) is 2.97. The lowest BCUT2D eigenvalue weighted by molar-refractivity contribution is -0.133. The summed E-state index contributed by atoms with van der Waals surface area (Å²) in [6.45, 7) is 3.20. The van der Waals surface area contributed by atoms with Crippen molar-refractivity contribution in [2.24, 2.45) is 0 Å². The molecule has 0 bridgehead atoms. The number of aromatic nitrogens is 1. The van der Waals surface area contributed by atoms with Crippen LogP contribution < -0.4 is 10.6 Å². The van der Waals surface area contributed by atoms with Gasteiger partial charge < -0.3 is 10.6 Å². The Balaban J connectivity index is 2.06. The molecule has 0 fully saturated rings. The molecule has 0 saturated heterocycles.